The molecule has 316 valence electrons. The third-order valence-electron chi connectivity index (χ3n) is 8.44. The molecule has 0 fully saturated rings. The molecule has 0 aromatic heterocycles. The number of likely N-dealkylation sites (N-methyl/N-ethyl adjacent to an activating group) is 1. The van der Waals surface area contributed by atoms with Crippen LogP contribution in [0.2, 0.25) is 0 Å². The zero-order chi connectivity index (χ0) is 40.7. The third-order valence-corrected chi connectivity index (χ3v) is 9.42. The molecule has 0 aromatic rings. The number of carbonyl (C=O) groups excluding carboxylic acids is 2. The van der Waals surface area contributed by atoms with Gasteiger partial charge in [0.2, 0.25) is 0 Å². The molecule has 0 heterocycles. The molecule has 9 nitrogen and oxygen atoms in total. The van der Waals surface area contributed by atoms with E-state index in [-0.39, 0.29) is 26.1 Å². The first-order valence-electron chi connectivity index (χ1n) is 21.2. The number of hydrogen-bond donors (Lipinski definition) is 1. The Labute approximate surface area is 336 Å². The monoisotopic (exact) mass is 793 g/mol. The lowest BCUT2D eigenvalue weighted by molar-refractivity contribution is -0.870. The summed E-state index contributed by atoms with van der Waals surface area (Å²) in [6, 6.07) is 0. The van der Waals surface area contributed by atoms with E-state index in [0.29, 0.717) is 23.9 Å². The summed E-state index contributed by atoms with van der Waals surface area (Å²) in [6.45, 7) is 4.23. The van der Waals surface area contributed by atoms with E-state index in [9.17, 15) is 19.0 Å². The van der Waals surface area contributed by atoms with Gasteiger partial charge < -0.3 is 18.9 Å². The number of nitrogens with zero attached hydrogens (tertiary/aromatic N) is 1. The lowest BCUT2D eigenvalue weighted by Gasteiger charge is -2.24. The number of hydrogen-bond acceptors (Lipinski definition) is 7. The highest BCUT2D eigenvalue weighted by Gasteiger charge is 2.27. The van der Waals surface area contributed by atoms with E-state index in [1.165, 1.54) is 19.3 Å². The van der Waals surface area contributed by atoms with Crippen molar-refractivity contribution in [2.24, 2.45) is 0 Å². The summed E-state index contributed by atoms with van der Waals surface area (Å²) in [5.41, 5.74) is 0. The molecule has 0 aliphatic heterocycles. The van der Waals surface area contributed by atoms with Crippen molar-refractivity contribution in [3.63, 3.8) is 0 Å². The van der Waals surface area contributed by atoms with Crippen molar-refractivity contribution in [3.05, 3.63) is 72.9 Å². The molecule has 0 amide bonds. The van der Waals surface area contributed by atoms with E-state index in [1.807, 2.05) is 21.1 Å². The van der Waals surface area contributed by atoms with E-state index in [1.54, 1.807) is 0 Å². The Morgan fingerprint density at radius 1 is 0.564 bits per heavy atom. The second kappa shape index (κ2) is 37.1. The first kappa shape index (κ1) is 52.5. The molecule has 0 saturated heterocycles. The van der Waals surface area contributed by atoms with Gasteiger partial charge in [-0.1, -0.05) is 132 Å². The number of esters is 2. The fourth-order valence-corrected chi connectivity index (χ4v) is 5.82. The van der Waals surface area contributed by atoms with Crippen molar-refractivity contribution >= 4 is 19.8 Å². The summed E-state index contributed by atoms with van der Waals surface area (Å²) in [6.07, 6.45) is 45.2. The topological polar surface area (TPSA) is 108 Å². The molecule has 0 bridgehead atoms. The van der Waals surface area contributed by atoms with Crippen LogP contribution in [0.25, 0.3) is 0 Å². The summed E-state index contributed by atoms with van der Waals surface area (Å²) >= 11 is 0. The van der Waals surface area contributed by atoms with Gasteiger partial charge in [0.15, 0.2) is 6.10 Å². The van der Waals surface area contributed by atoms with Crippen LogP contribution in [0, 0.1) is 0 Å². The highest BCUT2D eigenvalue weighted by atomic mass is 31.2. The molecule has 0 saturated carbocycles. The second-order valence-corrected chi connectivity index (χ2v) is 16.5. The molecule has 0 spiro atoms. The number of rotatable bonds is 37. The summed E-state index contributed by atoms with van der Waals surface area (Å²) in [5.74, 6) is -0.859. The van der Waals surface area contributed by atoms with Gasteiger partial charge in [0, 0.05) is 12.8 Å². The summed E-state index contributed by atoms with van der Waals surface area (Å²) in [4.78, 5) is 35.3. The van der Waals surface area contributed by atoms with Crippen LogP contribution < -0.4 is 0 Å². The van der Waals surface area contributed by atoms with E-state index >= 15 is 0 Å². The average Bonchev–Trinajstić information content (AvgIpc) is 3.13. The van der Waals surface area contributed by atoms with Gasteiger partial charge in [0.1, 0.15) is 19.8 Å². The smallest absolute Gasteiger partial charge is 0.462 e. The molecule has 1 N–H and O–H groups in total. The molecule has 55 heavy (non-hydrogen) atoms. The van der Waals surface area contributed by atoms with Crippen molar-refractivity contribution in [1.82, 2.24) is 0 Å². The third kappa shape index (κ3) is 40.9. The number of carbonyl (C=O) groups is 2. The van der Waals surface area contributed by atoms with Crippen LogP contribution in [0.5, 0.6) is 0 Å². The SMILES string of the molecule is CCC/C=C/C/C=C/C/C=C/C/C=C/CCCCCC(=O)O[C@H](COC(=O)CCCCCCC/C=C/C/C=C/CCCC)COP(=O)(O)OCC[N+](C)(C)C. The highest BCUT2D eigenvalue weighted by molar-refractivity contribution is 7.47. The normalized spacial score (nSPS) is 14.4. The maximum absolute atomic E-state index is 12.7. The Kier molecular flexibility index (Phi) is 35.3. The van der Waals surface area contributed by atoms with E-state index in [4.69, 9.17) is 18.5 Å². The van der Waals surface area contributed by atoms with Gasteiger partial charge in [-0.15, -0.1) is 0 Å². The Morgan fingerprint density at radius 2 is 1.02 bits per heavy atom. The van der Waals surface area contributed by atoms with Crippen LogP contribution in [-0.2, 0) is 32.7 Å². The van der Waals surface area contributed by atoms with Crippen LogP contribution in [-0.4, -0.2) is 74.9 Å². The number of unbranched alkanes of at least 4 members (excludes halogenated alkanes) is 11. The lowest BCUT2D eigenvalue weighted by atomic mass is 10.1. The number of phosphoric ester groups is 1. The van der Waals surface area contributed by atoms with Crippen LogP contribution in [0.3, 0.4) is 0 Å². The van der Waals surface area contributed by atoms with Crippen molar-refractivity contribution in [3.8, 4) is 0 Å². The largest absolute Gasteiger partial charge is 0.472 e. The van der Waals surface area contributed by atoms with E-state index < -0.39 is 32.5 Å². The van der Waals surface area contributed by atoms with Gasteiger partial charge in [-0.2, -0.15) is 0 Å². The molecular weight excluding hydrogens is 713 g/mol. The number of phosphoric acid groups is 1. The van der Waals surface area contributed by atoms with Crippen LogP contribution in [0.4, 0.5) is 0 Å². The number of allylic oxidation sites excluding steroid dienone is 12. The molecule has 10 heteroatoms. The average molecular weight is 793 g/mol. The predicted molar refractivity (Wildman–Crippen MR) is 229 cm³/mol. The molecule has 0 aliphatic rings. The van der Waals surface area contributed by atoms with Crippen LogP contribution >= 0.6 is 7.82 Å². The minimum Gasteiger partial charge on any atom is -0.462 e. The van der Waals surface area contributed by atoms with Gasteiger partial charge in [-0.25, -0.2) is 4.57 Å². The van der Waals surface area contributed by atoms with Crippen LogP contribution in [0.15, 0.2) is 72.9 Å². The van der Waals surface area contributed by atoms with E-state index in [2.05, 4.69) is 86.8 Å². The molecule has 0 radical (unpaired) electrons. The van der Waals surface area contributed by atoms with Gasteiger partial charge in [-0.05, 0) is 77.0 Å². The van der Waals surface area contributed by atoms with Gasteiger partial charge in [0.25, 0.3) is 0 Å². The Hall–Kier alpha value is -2.55. The van der Waals surface area contributed by atoms with Gasteiger partial charge >= 0.3 is 19.8 Å². The minimum atomic E-state index is -4.39. The van der Waals surface area contributed by atoms with Crippen LogP contribution in [0.1, 0.15) is 149 Å². The Balaban J connectivity index is 4.49. The highest BCUT2D eigenvalue weighted by Crippen LogP contribution is 2.43. The maximum Gasteiger partial charge on any atom is 0.472 e. The molecule has 0 aliphatic carbocycles. The number of ether oxygens (including phenoxy) is 2. The first-order valence-corrected chi connectivity index (χ1v) is 22.7. The molecule has 0 aromatic carbocycles. The van der Waals surface area contributed by atoms with Crippen molar-refractivity contribution < 1.29 is 42.1 Å². The number of quaternary nitrogens is 1. The quantitative estimate of drug-likeness (QED) is 0.0218. The van der Waals surface area contributed by atoms with Crippen molar-refractivity contribution in [1.29, 1.82) is 0 Å². The summed E-state index contributed by atoms with van der Waals surface area (Å²) < 4.78 is 34.2. The van der Waals surface area contributed by atoms with Gasteiger partial charge in [0.05, 0.1) is 27.7 Å². The van der Waals surface area contributed by atoms with Crippen molar-refractivity contribution in [2.75, 3.05) is 47.5 Å². The Bertz CT molecular complexity index is 1170. The predicted octanol–water partition coefficient (Wildman–Crippen LogP) is 11.9. The second-order valence-electron chi connectivity index (χ2n) is 15.0. The summed E-state index contributed by atoms with van der Waals surface area (Å²) in [7, 11) is 1.43. The fraction of sp³-hybridized carbons (Fsp3) is 0.689. The first-order chi connectivity index (χ1) is 26.5. The molecule has 1 unspecified atom stereocenters. The maximum atomic E-state index is 12.7. The zero-order valence-electron chi connectivity index (χ0n) is 35.4. The van der Waals surface area contributed by atoms with Crippen molar-refractivity contribution in [2.45, 2.75) is 155 Å². The summed E-state index contributed by atoms with van der Waals surface area (Å²) in [5, 5.41) is 0. The Morgan fingerprint density at radius 3 is 1.55 bits per heavy atom. The van der Waals surface area contributed by atoms with E-state index in [0.717, 1.165) is 89.9 Å². The zero-order valence-corrected chi connectivity index (χ0v) is 36.3. The molecular formula is C45H79NO8P+. The molecule has 2 atom stereocenters. The standard InChI is InChI=1S/C45H78NO8P/c1-6-8-10-12-14-16-18-20-22-23-24-26-28-30-32-34-36-38-45(48)54-43(42-53-55(49,50)52-40-39-46(3,4)5)41-51-44(47)37-35-33-31-29-27-25-21-19-17-15-13-11-9-7-2/h10,12-13,15-16,18-19,21-23,26,28,43H,6-9,11,14,17,20,24-25,27,29-42H2,1-5H3/p+1/b12-10+,15-13+,18-16+,21-19+,23-22+,28-26+/t43-/m1/s1. The lowest BCUT2D eigenvalue weighted by Crippen LogP contribution is -2.37. The molecule has 0 rings (SSSR count). The fourth-order valence-electron chi connectivity index (χ4n) is 5.08. The minimum absolute atomic E-state index is 0.0190. The van der Waals surface area contributed by atoms with Gasteiger partial charge in [-0.3, -0.25) is 18.6 Å².